The first-order valence-corrected chi connectivity index (χ1v) is 5.35. The minimum Gasteiger partial charge on any atom is -0.325 e. The van der Waals surface area contributed by atoms with Crippen LogP contribution in [0.15, 0.2) is 11.9 Å². The van der Waals surface area contributed by atoms with E-state index in [4.69, 9.17) is 5.73 Å². The third-order valence-corrected chi connectivity index (χ3v) is 2.12. The molecule has 0 aromatic heterocycles. The Morgan fingerprint density at radius 2 is 1.77 bits per heavy atom. The lowest BCUT2D eigenvalue weighted by atomic mass is 10.1. The maximum absolute atomic E-state index is 12.5. The molecule has 0 unspecified atom stereocenters. The molecule has 0 aromatic rings. The minimum atomic E-state index is -0.173. The van der Waals surface area contributed by atoms with E-state index >= 15 is 0 Å². The Morgan fingerprint density at radius 3 is 2.38 bits per heavy atom. The molecule has 2 heteroatoms. The normalized spacial score (nSPS) is 12.1. The molecule has 0 spiro atoms. The van der Waals surface area contributed by atoms with Crippen molar-refractivity contribution in [3.8, 4) is 0 Å². The molecule has 1 nitrogen and oxygen atoms in total. The van der Waals surface area contributed by atoms with Gasteiger partial charge in [0, 0.05) is 6.54 Å². The molecule has 2 N–H and O–H groups in total. The van der Waals surface area contributed by atoms with Gasteiger partial charge < -0.3 is 5.73 Å². The first-order chi connectivity index (χ1) is 6.31. The molecule has 0 fully saturated rings. The molecule has 13 heavy (non-hydrogen) atoms. The van der Waals surface area contributed by atoms with Crippen molar-refractivity contribution in [2.75, 3.05) is 6.54 Å². The van der Waals surface area contributed by atoms with Crippen LogP contribution in [0.3, 0.4) is 0 Å². The molecular weight excluding hydrogens is 165 g/mol. The highest BCUT2D eigenvalue weighted by Gasteiger charge is 1.90. The summed E-state index contributed by atoms with van der Waals surface area (Å²) in [5.41, 5.74) is 5.11. The molecule has 78 valence electrons. The zero-order chi connectivity index (χ0) is 9.94. The zero-order valence-electron chi connectivity index (χ0n) is 8.69. The highest BCUT2D eigenvalue weighted by atomic mass is 19.1. The monoisotopic (exact) mass is 187 g/mol. The molecule has 0 aliphatic heterocycles. The molecule has 0 saturated carbocycles. The highest BCUT2D eigenvalue weighted by Crippen LogP contribution is 2.08. The van der Waals surface area contributed by atoms with Crippen LogP contribution >= 0.6 is 0 Å². The topological polar surface area (TPSA) is 26.0 Å². The van der Waals surface area contributed by atoms with Crippen LogP contribution in [-0.2, 0) is 0 Å². The second-order valence-electron chi connectivity index (χ2n) is 3.41. The largest absolute Gasteiger partial charge is 0.325 e. The first-order valence-electron chi connectivity index (χ1n) is 5.35. The second-order valence-corrected chi connectivity index (χ2v) is 3.41. The summed E-state index contributed by atoms with van der Waals surface area (Å²) in [6.07, 6.45) is 9.97. The Labute approximate surface area is 81.2 Å². The van der Waals surface area contributed by atoms with Gasteiger partial charge in [-0.3, -0.25) is 0 Å². The summed E-state index contributed by atoms with van der Waals surface area (Å²) in [7, 11) is 0. The van der Waals surface area contributed by atoms with E-state index in [1.54, 1.807) is 6.08 Å². The number of halogens is 1. The smallest absolute Gasteiger partial charge is 0.109 e. The van der Waals surface area contributed by atoms with Crippen molar-refractivity contribution in [1.82, 2.24) is 0 Å². The predicted molar refractivity (Wildman–Crippen MR) is 56.2 cm³/mol. The van der Waals surface area contributed by atoms with Crippen LogP contribution in [0.5, 0.6) is 0 Å². The highest BCUT2D eigenvalue weighted by molar-refractivity contribution is 4.92. The molecular formula is C11H22FN. The molecule has 0 heterocycles. The van der Waals surface area contributed by atoms with E-state index in [0.717, 1.165) is 12.8 Å². The van der Waals surface area contributed by atoms with E-state index in [1.165, 1.54) is 32.1 Å². The second kappa shape index (κ2) is 9.72. The fourth-order valence-electron chi connectivity index (χ4n) is 1.27. The average molecular weight is 187 g/mol. The summed E-state index contributed by atoms with van der Waals surface area (Å²) in [6, 6.07) is 0. The standard InChI is InChI=1S/C11H22FN/c1-2-3-4-5-6-7-8-9-11(12)10-13/h9H,2-8,10,13H2,1H3/b11-9-. The van der Waals surface area contributed by atoms with Gasteiger partial charge in [0.15, 0.2) is 0 Å². The third-order valence-electron chi connectivity index (χ3n) is 2.12. The summed E-state index contributed by atoms with van der Waals surface area (Å²) in [5.74, 6) is -0.173. The zero-order valence-corrected chi connectivity index (χ0v) is 8.69. The molecule has 0 atom stereocenters. The van der Waals surface area contributed by atoms with Gasteiger partial charge in [0.1, 0.15) is 5.83 Å². The van der Waals surface area contributed by atoms with E-state index in [0.29, 0.717) is 0 Å². The lowest BCUT2D eigenvalue weighted by Crippen LogP contribution is -1.98. The van der Waals surface area contributed by atoms with E-state index in [9.17, 15) is 4.39 Å². The van der Waals surface area contributed by atoms with Gasteiger partial charge in [-0.2, -0.15) is 0 Å². The molecule has 0 aliphatic rings. The van der Waals surface area contributed by atoms with Gasteiger partial charge in [0.2, 0.25) is 0 Å². The van der Waals surface area contributed by atoms with Gasteiger partial charge in [-0.05, 0) is 12.8 Å². The maximum atomic E-state index is 12.5. The van der Waals surface area contributed by atoms with Gasteiger partial charge in [0.05, 0.1) is 0 Å². The van der Waals surface area contributed by atoms with Gasteiger partial charge in [-0.1, -0.05) is 45.1 Å². The van der Waals surface area contributed by atoms with Crippen molar-refractivity contribution in [1.29, 1.82) is 0 Å². The number of hydrogen-bond acceptors (Lipinski definition) is 1. The number of allylic oxidation sites excluding steroid dienone is 1. The minimum absolute atomic E-state index is 0.0514. The summed E-state index contributed by atoms with van der Waals surface area (Å²) in [5, 5.41) is 0. The predicted octanol–water partition coefficient (Wildman–Crippen LogP) is 3.55. The van der Waals surface area contributed by atoms with Crippen molar-refractivity contribution < 1.29 is 4.39 Å². The molecule has 0 bridgehead atoms. The van der Waals surface area contributed by atoms with Crippen LogP contribution in [0.4, 0.5) is 4.39 Å². The van der Waals surface area contributed by atoms with E-state index in [1.807, 2.05) is 0 Å². The van der Waals surface area contributed by atoms with Gasteiger partial charge in [0.25, 0.3) is 0 Å². The summed E-state index contributed by atoms with van der Waals surface area (Å²) >= 11 is 0. The van der Waals surface area contributed by atoms with E-state index in [-0.39, 0.29) is 12.4 Å². The third kappa shape index (κ3) is 9.54. The van der Waals surface area contributed by atoms with Crippen LogP contribution in [0.1, 0.15) is 51.9 Å². The van der Waals surface area contributed by atoms with Crippen LogP contribution in [0.25, 0.3) is 0 Å². The van der Waals surface area contributed by atoms with Crippen LogP contribution in [-0.4, -0.2) is 6.54 Å². The van der Waals surface area contributed by atoms with E-state index < -0.39 is 0 Å². The molecule has 0 rings (SSSR count). The molecule has 0 radical (unpaired) electrons. The Kier molecular flexibility index (Phi) is 9.44. The molecule has 0 amide bonds. The lowest BCUT2D eigenvalue weighted by Gasteiger charge is -1.97. The van der Waals surface area contributed by atoms with Crippen LogP contribution in [0, 0.1) is 0 Å². The Morgan fingerprint density at radius 1 is 1.15 bits per heavy atom. The molecule has 0 aliphatic carbocycles. The maximum Gasteiger partial charge on any atom is 0.109 e. The Bertz CT molecular complexity index is 132. The van der Waals surface area contributed by atoms with E-state index in [2.05, 4.69) is 6.92 Å². The number of rotatable bonds is 8. The van der Waals surface area contributed by atoms with Crippen molar-refractivity contribution >= 4 is 0 Å². The van der Waals surface area contributed by atoms with Crippen molar-refractivity contribution in [2.24, 2.45) is 5.73 Å². The fourth-order valence-corrected chi connectivity index (χ4v) is 1.27. The van der Waals surface area contributed by atoms with Gasteiger partial charge in [-0.25, -0.2) is 4.39 Å². The first kappa shape index (κ1) is 12.6. The van der Waals surface area contributed by atoms with Crippen LogP contribution < -0.4 is 5.73 Å². The Balaban J connectivity index is 3.08. The number of hydrogen-bond donors (Lipinski definition) is 1. The number of unbranched alkanes of at least 4 members (excludes halogenated alkanes) is 6. The Hall–Kier alpha value is -0.370. The average Bonchev–Trinajstić information content (AvgIpc) is 2.16. The summed E-state index contributed by atoms with van der Waals surface area (Å²) in [4.78, 5) is 0. The fraction of sp³-hybridized carbons (Fsp3) is 0.818. The summed E-state index contributed by atoms with van der Waals surface area (Å²) in [6.45, 7) is 2.26. The van der Waals surface area contributed by atoms with Gasteiger partial charge >= 0.3 is 0 Å². The van der Waals surface area contributed by atoms with Crippen molar-refractivity contribution in [3.63, 3.8) is 0 Å². The van der Waals surface area contributed by atoms with Gasteiger partial charge in [-0.15, -0.1) is 0 Å². The quantitative estimate of drug-likeness (QED) is 0.578. The van der Waals surface area contributed by atoms with Crippen molar-refractivity contribution in [2.45, 2.75) is 51.9 Å². The lowest BCUT2D eigenvalue weighted by molar-refractivity contribution is 0.591. The number of nitrogens with two attached hydrogens (primary N) is 1. The summed E-state index contributed by atoms with van der Waals surface area (Å²) < 4.78 is 12.5. The van der Waals surface area contributed by atoms with Crippen LogP contribution in [0.2, 0.25) is 0 Å². The van der Waals surface area contributed by atoms with Crippen molar-refractivity contribution in [3.05, 3.63) is 11.9 Å². The SMILES string of the molecule is CCCCCCCC/C=C(\F)CN. The molecule has 0 aromatic carbocycles. The molecule has 0 saturated heterocycles.